The predicted octanol–water partition coefficient (Wildman–Crippen LogP) is 16.5. The zero-order valence-electron chi connectivity index (χ0n) is 39.3. The Balaban J connectivity index is 4.32. The van der Waals surface area contributed by atoms with Crippen LogP contribution in [0.2, 0.25) is 0 Å². The number of carbonyl (C=O) groups is 3. The van der Waals surface area contributed by atoms with Gasteiger partial charge in [-0.15, -0.1) is 0 Å². The van der Waals surface area contributed by atoms with Gasteiger partial charge in [0.15, 0.2) is 6.10 Å². The molecule has 0 aliphatic rings. The molecule has 0 aromatic heterocycles. The number of rotatable bonds is 46. The molecule has 0 aromatic carbocycles. The summed E-state index contributed by atoms with van der Waals surface area (Å²) < 4.78 is 16.7. The lowest BCUT2D eigenvalue weighted by Crippen LogP contribution is -2.30. The second-order valence-corrected chi connectivity index (χ2v) is 17.1. The van der Waals surface area contributed by atoms with E-state index in [0.29, 0.717) is 12.8 Å². The van der Waals surface area contributed by atoms with E-state index in [1.807, 2.05) is 6.08 Å². The van der Waals surface area contributed by atoms with E-state index in [1.54, 1.807) is 6.08 Å². The maximum atomic E-state index is 12.8. The first-order valence-electron chi connectivity index (χ1n) is 25.5. The van der Waals surface area contributed by atoms with Gasteiger partial charge in [0.25, 0.3) is 0 Å². The van der Waals surface area contributed by atoms with Crippen LogP contribution in [-0.2, 0) is 28.6 Å². The first-order chi connectivity index (χ1) is 29.0. The first kappa shape index (κ1) is 56.6. The lowest BCUT2D eigenvalue weighted by molar-refractivity contribution is -0.166. The third-order valence-electron chi connectivity index (χ3n) is 11.2. The van der Waals surface area contributed by atoms with Crippen LogP contribution in [0, 0.1) is 0 Å². The molecule has 0 fully saturated rings. The Labute approximate surface area is 365 Å². The van der Waals surface area contributed by atoms with Crippen LogP contribution in [-0.4, -0.2) is 37.2 Å². The van der Waals surface area contributed by atoms with Crippen molar-refractivity contribution in [3.8, 4) is 0 Å². The SMILES string of the molecule is CC/C=C\C/C=C\C/C=C\CC(=O)OCC(COC(=O)CCCCCCCCCCCCCCCCCC)OC(=O)CCCCCCCCCCCCCCCCCC. The summed E-state index contributed by atoms with van der Waals surface area (Å²) >= 11 is 0. The highest BCUT2D eigenvalue weighted by Gasteiger charge is 2.19. The van der Waals surface area contributed by atoms with E-state index in [2.05, 4.69) is 45.1 Å². The van der Waals surface area contributed by atoms with Crippen molar-refractivity contribution in [2.45, 2.75) is 271 Å². The normalized spacial score (nSPS) is 12.3. The quantitative estimate of drug-likeness (QED) is 0.0263. The molecule has 344 valence electrons. The molecule has 1 unspecified atom stereocenters. The summed E-state index contributed by atoms with van der Waals surface area (Å²) in [7, 11) is 0. The summed E-state index contributed by atoms with van der Waals surface area (Å²) in [5.41, 5.74) is 0. The highest BCUT2D eigenvalue weighted by Crippen LogP contribution is 2.16. The van der Waals surface area contributed by atoms with Gasteiger partial charge in [0.1, 0.15) is 13.2 Å². The van der Waals surface area contributed by atoms with Crippen LogP contribution in [0.15, 0.2) is 36.5 Å². The highest BCUT2D eigenvalue weighted by molar-refractivity contribution is 5.72. The van der Waals surface area contributed by atoms with Gasteiger partial charge >= 0.3 is 17.9 Å². The van der Waals surface area contributed by atoms with Crippen molar-refractivity contribution in [3.05, 3.63) is 36.5 Å². The summed E-state index contributed by atoms with van der Waals surface area (Å²) in [6.45, 7) is 6.45. The van der Waals surface area contributed by atoms with Crippen LogP contribution in [0.25, 0.3) is 0 Å². The molecule has 0 saturated carbocycles. The lowest BCUT2D eigenvalue weighted by Gasteiger charge is -2.18. The molecule has 0 spiro atoms. The first-order valence-corrected chi connectivity index (χ1v) is 25.5. The van der Waals surface area contributed by atoms with Crippen LogP contribution < -0.4 is 0 Å². The molecule has 1 atom stereocenters. The van der Waals surface area contributed by atoms with Gasteiger partial charge in [-0.25, -0.2) is 0 Å². The van der Waals surface area contributed by atoms with Gasteiger partial charge in [-0.3, -0.25) is 14.4 Å². The van der Waals surface area contributed by atoms with Crippen LogP contribution in [0.5, 0.6) is 0 Å². The Bertz CT molecular complexity index is 1000. The Morgan fingerprint density at radius 1 is 0.356 bits per heavy atom. The number of unbranched alkanes of at least 4 members (excludes halogenated alkanes) is 30. The summed E-state index contributed by atoms with van der Waals surface area (Å²) in [6.07, 6.45) is 56.0. The van der Waals surface area contributed by atoms with Crippen LogP contribution >= 0.6 is 0 Å². The molecule has 6 nitrogen and oxygen atoms in total. The van der Waals surface area contributed by atoms with Crippen LogP contribution in [0.4, 0.5) is 0 Å². The average Bonchev–Trinajstić information content (AvgIpc) is 3.23. The molecule has 0 heterocycles. The molecule has 0 aliphatic heterocycles. The number of esters is 3. The van der Waals surface area contributed by atoms with Gasteiger partial charge in [0.2, 0.25) is 0 Å². The molecule has 0 aliphatic carbocycles. The molecule has 0 saturated heterocycles. The van der Waals surface area contributed by atoms with Crippen molar-refractivity contribution in [1.82, 2.24) is 0 Å². The minimum atomic E-state index is -0.801. The standard InChI is InChI=1S/C53H96O6/c1-4-7-10-13-16-19-21-23-25-27-29-31-34-37-40-43-46-52(55)58-49-50(48-57-51(54)45-42-39-36-33-18-15-12-9-6-3)59-53(56)47-44-41-38-35-32-30-28-26-24-22-20-17-14-11-8-5-2/h9,12,18,33,39,42,50H,4-8,10-11,13-17,19-32,34-38,40-41,43-49H2,1-3H3/b12-9-,33-18-,42-39-. The van der Waals surface area contributed by atoms with E-state index in [4.69, 9.17) is 14.2 Å². The van der Waals surface area contributed by atoms with Crippen molar-refractivity contribution in [2.75, 3.05) is 13.2 Å². The van der Waals surface area contributed by atoms with Gasteiger partial charge in [-0.1, -0.05) is 250 Å². The van der Waals surface area contributed by atoms with Crippen molar-refractivity contribution in [1.29, 1.82) is 0 Å². The summed E-state index contributed by atoms with van der Waals surface area (Å²) in [5, 5.41) is 0. The minimum Gasteiger partial charge on any atom is -0.462 e. The van der Waals surface area contributed by atoms with Crippen molar-refractivity contribution >= 4 is 17.9 Å². The fourth-order valence-corrected chi connectivity index (χ4v) is 7.39. The second kappa shape index (κ2) is 48.3. The van der Waals surface area contributed by atoms with Crippen molar-refractivity contribution in [2.24, 2.45) is 0 Å². The molecular formula is C53H96O6. The largest absolute Gasteiger partial charge is 0.462 e. The van der Waals surface area contributed by atoms with Gasteiger partial charge in [0, 0.05) is 12.8 Å². The number of allylic oxidation sites excluding steroid dienone is 5. The highest BCUT2D eigenvalue weighted by atomic mass is 16.6. The molecule has 59 heavy (non-hydrogen) atoms. The predicted molar refractivity (Wildman–Crippen MR) is 252 cm³/mol. The fraction of sp³-hybridized carbons (Fsp3) is 0.830. The molecule has 6 heteroatoms. The van der Waals surface area contributed by atoms with Crippen molar-refractivity contribution in [3.63, 3.8) is 0 Å². The second-order valence-electron chi connectivity index (χ2n) is 17.1. The smallest absolute Gasteiger partial charge is 0.309 e. The maximum Gasteiger partial charge on any atom is 0.309 e. The van der Waals surface area contributed by atoms with Gasteiger partial charge in [-0.05, 0) is 32.1 Å². The van der Waals surface area contributed by atoms with Crippen molar-refractivity contribution < 1.29 is 28.6 Å². The van der Waals surface area contributed by atoms with Crippen LogP contribution in [0.1, 0.15) is 265 Å². The maximum absolute atomic E-state index is 12.8. The summed E-state index contributed by atoms with van der Waals surface area (Å²) in [6, 6.07) is 0. The third-order valence-corrected chi connectivity index (χ3v) is 11.2. The van der Waals surface area contributed by atoms with E-state index >= 15 is 0 Å². The Morgan fingerprint density at radius 2 is 0.661 bits per heavy atom. The molecule has 0 rings (SSSR count). The third kappa shape index (κ3) is 46.5. The fourth-order valence-electron chi connectivity index (χ4n) is 7.39. The molecule has 0 amide bonds. The number of carbonyl (C=O) groups excluding carboxylic acids is 3. The summed E-state index contributed by atoms with van der Waals surface area (Å²) in [4.78, 5) is 37.8. The molecule has 0 N–H and O–H groups in total. The lowest BCUT2D eigenvalue weighted by atomic mass is 10.0. The van der Waals surface area contributed by atoms with E-state index in [-0.39, 0.29) is 31.6 Å². The number of hydrogen-bond donors (Lipinski definition) is 0. The monoisotopic (exact) mass is 829 g/mol. The molecule has 0 radical (unpaired) electrons. The average molecular weight is 829 g/mol. The summed E-state index contributed by atoms with van der Waals surface area (Å²) in [5.74, 6) is -1.01. The Morgan fingerprint density at radius 3 is 1.03 bits per heavy atom. The van der Waals surface area contributed by atoms with Gasteiger partial charge in [-0.2, -0.15) is 0 Å². The topological polar surface area (TPSA) is 78.9 Å². The van der Waals surface area contributed by atoms with E-state index < -0.39 is 12.1 Å². The minimum absolute atomic E-state index is 0.0945. The van der Waals surface area contributed by atoms with Crippen LogP contribution in [0.3, 0.4) is 0 Å². The number of ether oxygens (including phenoxy) is 3. The van der Waals surface area contributed by atoms with Gasteiger partial charge in [0.05, 0.1) is 6.42 Å². The van der Waals surface area contributed by atoms with E-state index in [9.17, 15) is 14.4 Å². The zero-order chi connectivity index (χ0) is 43.0. The Kier molecular flexibility index (Phi) is 46.4. The van der Waals surface area contributed by atoms with E-state index in [0.717, 1.165) is 57.8 Å². The van der Waals surface area contributed by atoms with E-state index in [1.165, 1.54) is 167 Å². The Hall–Kier alpha value is -2.37. The molecule has 0 bridgehead atoms. The molecule has 0 aromatic rings. The molecular weight excluding hydrogens is 733 g/mol. The zero-order valence-corrected chi connectivity index (χ0v) is 39.3. The van der Waals surface area contributed by atoms with Gasteiger partial charge < -0.3 is 14.2 Å². The number of hydrogen-bond acceptors (Lipinski definition) is 6.